The van der Waals surface area contributed by atoms with Crippen molar-refractivity contribution in [3.8, 4) is 0 Å². The number of benzene rings is 1. The van der Waals surface area contributed by atoms with Crippen LogP contribution in [0.1, 0.15) is 13.8 Å². The van der Waals surface area contributed by atoms with Gasteiger partial charge in [-0.2, -0.15) is 0 Å². The van der Waals surface area contributed by atoms with Gasteiger partial charge in [0, 0.05) is 18.8 Å². The fourth-order valence-electron chi connectivity index (χ4n) is 1.53. The molecule has 82 valence electrons. The van der Waals surface area contributed by atoms with Crippen LogP contribution in [-0.4, -0.2) is 13.1 Å². The molecule has 0 aliphatic rings. The van der Waals surface area contributed by atoms with E-state index >= 15 is 0 Å². The number of rotatable bonds is 4. The first kappa shape index (κ1) is 11.4. The van der Waals surface area contributed by atoms with Gasteiger partial charge >= 0.3 is 0 Å². The zero-order chi connectivity index (χ0) is 11.4. The van der Waals surface area contributed by atoms with Crippen LogP contribution in [0.25, 0.3) is 0 Å². The van der Waals surface area contributed by atoms with Crippen molar-refractivity contribution in [3.63, 3.8) is 0 Å². The summed E-state index contributed by atoms with van der Waals surface area (Å²) in [7, 11) is 0. The Labute approximate surface area is 91.4 Å². The average Bonchev–Trinajstić information content (AvgIpc) is 2.18. The summed E-state index contributed by atoms with van der Waals surface area (Å²) in [6, 6.07) is 5.56. The molecule has 0 spiro atoms. The molecule has 0 heterocycles. The Hall–Kier alpha value is -1.64. The van der Waals surface area contributed by atoms with Gasteiger partial charge in [-0.1, -0.05) is 12.2 Å². The molecule has 0 atom stereocenters. The zero-order valence-electron chi connectivity index (χ0n) is 9.46. The van der Waals surface area contributed by atoms with Gasteiger partial charge in [0.15, 0.2) is 0 Å². The Bertz CT molecular complexity index is 358. The van der Waals surface area contributed by atoms with Crippen molar-refractivity contribution >= 4 is 17.1 Å². The summed E-state index contributed by atoms with van der Waals surface area (Å²) in [5.41, 5.74) is 15.2. The number of nitrogen functional groups attached to an aromatic ring is 2. The maximum Gasteiger partial charge on any atom is 0.0623 e. The van der Waals surface area contributed by atoms with Gasteiger partial charge in [0.25, 0.3) is 0 Å². The molecule has 0 aromatic heterocycles. The van der Waals surface area contributed by atoms with E-state index in [2.05, 4.69) is 18.4 Å². The molecule has 1 aromatic carbocycles. The van der Waals surface area contributed by atoms with Crippen LogP contribution in [0.3, 0.4) is 0 Å². The lowest BCUT2D eigenvalue weighted by Gasteiger charge is -2.25. The van der Waals surface area contributed by atoms with Crippen LogP contribution in [0.5, 0.6) is 0 Å². The second-order valence-corrected chi connectivity index (χ2v) is 3.79. The summed E-state index contributed by atoms with van der Waals surface area (Å²) in [4.78, 5) is 2.16. The molecule has 0 aliphatic heterocycles. The van der Waals surface area contributed by atoms with Crippen LogP contribution in [0.4, 0.5) is 17.1 Å². The number of anilines is 3. The number of nitrogens with zero attached hydrogens (tertiary/aromatic N) is 1. The molecule has 0 unspecified atom stereocenters. The molecule has 0 saturated carbocycles. The molecule has 0 radical (unpaired) electrons. The third-order valence-electron chi connectivity index (χ3n) is 2.24. The molecule has 3 nitrogen and oxygen atoms in total. The Kier molecular flexibility index (Phi) is 3.61. The second kappa shape index (κ2) is 4.73. The predicted octanol–water partition coefficient (Wildman–Crippen LogP) is 2.25. The summed E-state index contributed by atoms with van der Waals surface area (Å²) in [5, 5.41) is 0. The van der Waals surface area contributed by atoms with E-state index in [0.717, 1.165) is 35.7 Å². The molecule has 0 aliphatic carbocycles. The number of nitrogens with two attached hydrogens (primary N) is 2. The van der Waals surface area contributed by atoms with Gasteiger partial charge in [0.1, 0.15) is 0 Å². The van der Waals surface area contributed by atoms with E-state index < -0.39 is 0 Å². The first-order valence-electron chi connectivity index (χ1n) is 5.09. The van der Waals surface area contributed by atoms with E-state index in [1.54, 1.807) is 0 Å². The molecule has 15 heavy (non-hydrogen) atoms. The Morgan fingerprint density at radius 1 is 1.40 bits per heavy atom. The largest absolute Gasteiger partial charge is 0.399 e. The van der Waals surface area contributed by atoms with Crippen LogP contribution >= 0.6 is 0 Å². The second-order valence-electron chi connectivity index (χ2n) is 3.79. The highest BCUT2D eigenvalue weighted by molar-refractivity contribution is 5.72. The minimum absolute atomic E-state index is 0.736. The minimum atomic E-state index is 0.736. The van der Waals surface area contributed by atoms with Gasteiger partial charge in [0.05, 0.1) is 11.4 Å². The van der Waals surface area contributed by atoms with Gasteiger partial charge in [-0.3, -0.25) is 0 Å². The molecule has 4 N–H and O–H groups in total. The lowest BCUT2D eigenvalue weighted by atomic mass is 10.2. The molecule has 0 bridgehead atoms. The highest BCUT2D eigenvalue weighted by atomic mass is 15.1. The van der Waals surface area contributed by atoms with Gasteiger partial charge < -0.3 is 16.4 Å². The van der Waals surface area contributed by atoms with Crippen molar-refractivity contribution in [2.24, 2.45) is 0 Å². The average molecular weight is 205 g/mol. The zero-order valence-corrected chi connectivity index (χ0v) is 9.46. The van der Waals surface area contributed by atoms with Crippen molar-refractivity contribution in [1.29, 1.82) is 0 Å². The summed E-state index contributed by atoms with van der Waals surface area (Å²) >= 11 is 0. The molecule has 0 saturated heterocycles. The summed E-state index contributed by atoms with van der Waals surface area (Å²) in [6.45, 7) is 9.70. The third kappa shape index (κ3) is 2.91. The van der Waals surface area contributed by atoms with Gasteiger partial charge in [0.2, 0.25) is 0 Å². The molecule has 0 amide bonds. The van der Waals surface area contributed by atoms with Gasteiger partial charge in [-0.15, -0.1) is 0 Å². The summed E-state index contributed by atoms with van der Waals surface area (Å²) in [5.74, 6) is 0. The van der Waals surface area contributed by atoms with Crippen LogP contribution in [0.2, 0.25) is 0 Å². The van der Waals surface area contributed by atoms with Gasteiger partial charge in [-0.05, 0) is 32.0 Å². The van der Waals surface area contributed by atoms with Crippen molar-refractivity contribution in [2.45, 2.75) is 13.8 Å². The molecule has 1 aromatic rings. The van der Waals surface area contributed by atoms with E-state index in [9.17, 15) is 0 Å². The first-order chi connectivity index (χ1) is 7.04. The molecule has 0 fully saturated rings. The molecular formula is C12H19N3. The SMILES string of the molecule is C=C(C)CN(CC)c1cc(N)ccc1N. The van der Waals surface area contributed by atoms with Crippen molar-refractivity contribution in [2.75, 3.05) is 29.5 Å². The normalized spacial score (nSPS) is 10.0. The standard InChI is InChI=1S/C12H19N3/c1-4-15(8-9(2)3)12-7-10(13)5-6-11(12)14/h5-7H,2,4,8,13-14H2,1,3H3. The maximum atomic E-state index is 5.91. The molecular weight excluding hydrogens is 186 g/mol. The van der Waals surface area contributed by atoms with E-state index in [1.807, 2.05) is 25.1 Å². The highest BCUT2D eigenvalue weighted by Gasteiger charge is 2.08. The predicted molar refractivity (Wildman–Crippen MR) is 68.0 cm³/mol. The van der Waals surface area contributed by atoms with Crippen LogP contribution in [-0.2, 0) is 0 Å². The fraction of sp³-hybridized carbons (Fsp3) is 0.333. The summed E-state index contributed by atoms with van der Waals surface area (Å²) < 4.78 is 0. The quantitative estimate of drug-likeness (QED) is 0.585. The molecule has 1 rings (SSSR count). The fourth-order valence-corrected chi connectivity index (χ4v) is 1.53. The lowest BCUT2D eigenvalue weighted by molar-refractivity contribution is 0.882. The van der Waals surface area contributed by atoms with Crippen molar-refractivity contribution in [1.82, 2.24) is 0 Å². The van der Waals surface area contributed by atoms with Crippen LogP contribution in [0, 0.1) is 0 Å². The van der Waals surface area contributed by atoms with E-state index in [1.165, 1.54) is 0 Å². The number of hydrogen-bond acceptors (Lipinski definition) is 3. The van der Waals surface area contributed by atoms with Gasteiger partial charge in [-0.25, -0.2) is 0 Å². The number of hydrogen-bond donors (Lipinski definition) is 2. The van der Waals surface area contributed by atoms with Crippen molar-refractivity contribution < 1.29 is 0 Å². The minimum Gasteiger partial charge on any atom is -0.399 e. The van der Waals surface area contributed by atoms with E-state index in [-0.39, 0.29) is 0 Å². The number of likely N-dealkylation sites (N-methyl/N-ethyl adjacent to an activating group) is 1. The Morgan fingerprint density at radius 2 is 2.07 bits per heavy atom. The maximum absolute atomic E-state index is 5.91. The first-order valence-corrected chi connectivity index (χ1v) is 5.09. The topological polar surface area (TPSA) is 55.3 Å². The van der Waals surface area contributed by atoms with Crippen LogP contribution in [0.15, 0.2) is 30.4 Å². The Morgan fingerprint density at radius 3 is 2.60 bits per heavy atom. The smallest absolute Gasteiger partial charge is 0.0623 e. The molecule has 3 heteroatoms. The highest BCUT2D eigenvalue weighted by Crippen LogP contribution is 2.25. The van der Waals surface area contributed by atoms with Crippen LogP contribution < -0.4 is 16.4 Å². The summed E-state index contributed by atoms with van der Waals surface area (Å²) in [6.07, 6.45) is 0. The van der Waals surface area contributed by atoms with Crippen molar-refractivity contribution in [3.05, 3.63) is 30.4 Å². The van der Waals surface area contributed by atoms with E-state index in [4.69, 9.17) is 11.5 Å². The Balaban J connectivity index is 3.00. The monoisotopic (exact) mass is 205 g/mol. The third-order valence-corrected chi connectivity index (χ3v) is 2.24. The lowest BCUT2D eigenvalue weighted by Crippen LogP contribution is -2.25. The van der Waals surface area contributed by atoms with E-state index in [0.29, 0.717) is 0 Å².